The van der Waals surface area contributed by atoms with Gasteiger partial charge in [0.1, 0.15) is 0 Å². The summed E-state index contributed by atoms with van der Waals surface area (Å²) in [6, 6.07) is 3.59. The number of rotatable bonds is 5. The number of anilines is 1. The van der Waals surface area contributed by atoms with Crippen LogP contribution >= 0.6 is 0 Å². The molecule has 0 saturated carbocycles. The first kappa shape index (κ1) is 14.3. The van der Waals surface area contributed by atoms with Gasteiger partial charge in [-0.3, -0.25) is 4.79 Å². The van der Waals surface area contributed by atoms with Gasteiger partial charge in [-0.15, -0.1) is 6.58 Å². The van der Waals surface area contributed by atoms with Crippen molar-refractivity contribution in [1.29, 1.82) is 0 Å². The van der Waals surface area contributed by atoms with Crippen molar-refractivity contribution >= 4 is 11.6 Å². The minimum absolute atomic E-state index is 0.0695. The summed E-state index contributed by atoms with van der Waals surface area (Å²) in [5.41, 5.74) is 8.86. The Hall–Kier alpha value is -1.81. The third-order valence-electron chi connectivity index (χ3n) is 2.85. The van der Waals surface area contributed by atoms with E-state index in [0.29, 0.717) is 17.8 Å². The molecule has 0 bridgehead atoms. The van der Waals surface area contributed by atoms with Gasteiger partial charge in [-0.05, 0) is 31.0 Å². The summed E-state index contributed by atoms with van der Waals surface area (Å²) in [5.74, 6) is -0.131. The van der Waals surface area contributed by atoms with E-state index in [1.165, 1.54) is 0 Å². The molecule has 3 N–H and O–H groups in total. The van der Waals surface area contributed by atoms with Crippen LogP contribution in [-0.2, 0) is 0 Å². The van der Waals surface area contributed by atoms with Crippen molar-refractivity contribution in [1.82, 2.24) is 4.90 Å². The Balaban J connectivity index is 3.07. The van der Waals surface area contributed by atoms with Crippen LogP contribution in [-0.4, -0.2) is 35.6 Å². The Kier molecular flexibility index (Phi) is 4.92. The fourth-order valence-electron chi connectivity index (χ4n) is 1.82. The van der Waals surface area contributed by atoms with E-state index >= 15 is 0 Å². The molecule has 18 heavy (non-hydrogen) atoms. The molecule has 0 unspecified atom stereocenters. The van der Waals surface area contributed by atoms with E-state index in [4.69, 9.17) is 10.8 Å². The van der Waals surface area contributed by atoms with Gasteiger partial charge in [-0.2, -0.15) is 0 Å². The van der Waals surface area contributed by atoms with Gasteiger partial charge < -0.3 is 15.7 Å². The second kappa shape index (κ2) is 6.21. The number of carbonyl (C=O) groups excluding carboxylic acids is 1. The number of benzene rings is 1. The molecule has 0 spiro atoms. The van der Waals surface area contributed by atoms with Crippen molar-refractivity contribution in [2.24, 2.45) is 0 Å². The highest BCUT2D eigenvalue weighted by Crippen LogP contribution is 2.19. The molecule has 98 valence electrons. The number of nitrogen functional groups attached to an aromatic ring is 1. The Bertz CT molecular complexity index is 455. The highest BCUT2D eigenvalue weighted by molar-refractivity contribution is 5.96. The van der Waals surface area contributed by atoms with Crippen molar-refractivity contribution in [3.05, 3.63) is 41.5 Å². The molecule has 0 aliphatic carbocycles. The molecule has 0 saturated heterocycles. The lowest BCUT2D eigenvalue weighted by Gasteiger charge is -2.21. The highest BCUT2D eigenvalue weighted by Gasteiger charge is 2.17. The van der Waals surface area contributed by atoms with Gasteiger partial charge >= 0.3 is 0 Å². The summed E-state index contributed by atoms with van der Waals surface area (Å²) in [7, 11) is 0. The number of amides is 1. The fraction of sp³-hybridized carbons (Fsp3) is 0.357. The Morgan fingerprint density at radius 2 is 2.11 bits per heavy atom. The van der Waals surface area contributed by atoms with Crippen molar-refractivity contribution in [2.45, 2.75) is 13.8 Å². The summed E-state index contributed by atoms with van der Waals surface area (Å²) in [5, 5.41) is 8.97. The van der Waals surface area contributed by atoms with Gasteiger partial charge in [-0.1, -0.05) is 12.1 Å². The number of aliphatic hydroxyl groups is 1. The lowest BCUT2D eigenvalue weighted by Crippen LogP contribution is -2.34. The number of carbonyl (C=O) groups is 1. The van der Waals surface area contributed by atoms with Crippen molar-refractivity contribution in [3.8, 4) is 0 Å². The largest absolute Gasteiger partial charge is 0.398 e. The maximum absolute atomic E-state index is 12.3. The molecular weight excluding hydrogens is 228 g/mol. The molecule has 1 aromatic carbocycles. The van der Waals surface area contributed by atoms with E-state index in [-0.39, 0.29) is 19.1 Å². The van der Waals surface area contributed by atoms with Gasteiger partial charge in [0.15, 0.2) is 0 Å². The monoisotopic (exact) mass is 248 g/mol. The van der Waals surface area contributed by atoms with Crippen molar-refractivity contribution < 1.29 is 9.90 Å². The first-order chi connectivity index (χ1) is 8.51. The Morgan fingerprint density at radius 1 is 1.44 bits per heavy atom. The van der Waals surface area contributed by atoms with Crippen LogP contribution in [0.1, 0.15) is 21.5 Å². The maximum atomic E-state index is 12.3. The molecular formula is C14H20N2O2. The van der Waals surface area contributed by atoms with E-state index < -0.39 is 0 Å². The average molecular weight is 248 g/mol. The molecule has 1 aromatic rings. The molecule has 0 aliphatic rings. The van der Waals surface area contributed by atoms with Crippen LogP contribution in [0.2, 0.25) is 0 Å². The van der Waals surface area contributed by atoms with Crippen LogP contribution in [0.25, 0.3) is 0 Å². The molecule has 0 atom stereocenters. The number of hydrogen-bond donors (Lipinski definition) is 2. The number of nitrogens with zero attached hydrogens (tertiary/aromatic N) is 1. The normalized spacial score (nSPS) is 10.2. The highest BCUT2D eigenvalue weighted by atomic mass is 16.3. The molecule has 1 rings (SSSR count). The maximum Gasteiger partial charge on any atom is 0.254 e. The summed E-state index contributed by atoms with van der Waals surface area (Å²) >= 11 is 0. The van der Waals surface area contributed by atoms with E-state index in [1.54, 1.807) is 17.0 Å². The first-order valence-electron chi connectivity index (χ1n) is 5.89. The van der Waals surface area contributed by atoms with Gasteiger partial charge in [-0.25, -0.2) is 0 Å². The molecule has 1 amide bonds. The number of aliphatic hydroxyl groups excluding tert-OH is 1. The van der Waals surface area contributed by atoms with Gasteiger partial charge in [0.25, 0.3) is 5.91 Å². The molecule has 0 fully saturated rings. The summed E-state index contributed by atoms with van der Waals surface area (Å²) in [6.07, 6.45) is 1.64. The molecule has 0 radical (unpaired) electrons. The van der Waals surface area contributed by atoms with Crippen LogP contribution < -0.4 is 5.73 Å². The predicted molar refractivity (Wildman–Crippen MR) is 73.5 cm³/mol. The molecule has 0 heterocycles. The summed E-state index contributed by atoms with van der Waals surface area (Å²) < 4.78 is 0. The topological polar surface area (TPSA) is 66.6 Å². The fourth-order valence-corrected chi connectivity index (χ4v) is 1.82. The van der Waals surface area contributed by atoms with E-state index in [2.05, 4.69) is 6.58 Å². The van der Waals surface area contributed by atoms with Crippen LogP contribution in [0.4, 0.5) is 5.69 Å². The van der Waals surface area contributed by atoms with Crippen molar-refractivity contribution in [2.75, 3.05) is 25.4 Å². The number of nitrogens with two attached hydrogens (primary N) is 1. The molecule has 0 aliphatic heterocycles. The predicted octanol–water partition coefficient (Wildman–Crippen LogP) is 1.51. The smallest absolute Gasteiger partial charge is 0.254 e. The van der Waals surface area contributed by atoms with E-state index in [0.717, 1.165) is 11.1 Å². The first-order valence-corrected chi connectivity index (χ1v) is 5.89. The quantitative estimate of drug-likeness (QED) is 0.613. The minimum Gasteiger partial charge on any atom is -0.398 e. The van der Waals surface area contributed by atoms with E-state index in [9.17, 15) is 4.79 Å². The van der Waals surface area contributed by atoms with Crippen LogP contribution in [0.15, 0.2) is 24.8 Å². The average Bonchev–Trinajstić information content (AvgIpc) is 2.33. The van der Waals surface area contributed by atoms with Crippen LogP contribution in [0.3, 0.4) is 0 Å². The SMILES string of the molecule is C=CCN(CCO)C(=O)c1cc(N)c(C)cc1C. The second-order valence-corrected chi connectivity index (χ2v) is 4.29. The standard InChI is InChI=1S/C14H20N2O2/c1-4-5-16(6-7-17)14(18)12-9-13(15)11(3)8-10(12)2/h4,8-9,17H,1,5-7,15H2,2-3H3. The van der Waals surface area contributed by atoms with E-state index in [1.807, 2.05) is 19.9 Å². The third-order valence-corrected chi connectivity index (χ3v) is 2.85. The molecule has 0 aromatic heterocycles. The van der Waals surface area contributed by atoms with Gasteiger partial charge in [0, 0.05) is 24.3 Å². The lowest BCUT2D eigenvalue weighted by atomic mass is 10.0. The van der Waals surface area contributed by atoms with Crippen LogP contribution in [0.5, 0.6) is 0 Å². The number of aryl methyl sites for hydroxylation is 2. The van der Waals surface area contributed by atoms with Crippen LogP contribution in [0, 0.1) is 13.8 Å². The zero-order valence-electron chi connectivity index (χ0n) is 10.9. The second-order valence-electron chi connectivity index (χ2n) is 4.29. The summed E-state index contributed by atoms with van der Waals surface area (Å²) in [6.45, 7) is 8.03. The summed E-state index contributed by atoms with van der Waals surface area (Å²) in [4.78, 5) is 13.9. The Morgan fingerprint density at radius 3 is 2.67 bits per heavy atom. The molecule has 4 heteroatoms. The molecule has 4 nitrogen and oxygen atoms in total. The van der Waals surface area contributed by atoms with Gasteiger partial charge in [0.2, 0.25) is 0 Å². The lowest BCUT2D eigenvalue weighted by molar-refractivity contribution is 0.0742. The Labute approximate surface area is 108 Å². The van der Waals surface area contributed by atoms with Crippen molar-refractivity contribution in [3.63, 3.8) is 0 Å². The van der Waals surface area contributed by atoms with Gasteiger partial charge in [0.05, 0.1) is 6.61 Å². The number of hydrogen-bond acceptors (Lipinski definition) is 3. The third kappa shape index (κ3) is 3.11. The zero-order valence-corrected chi connectivity index (χ0v) is 10.9. The minimum atomic E-state index is -0.131. The zero-order chi connectivity index (χ0) is 13.7.